The molecule has 2 aliphatic rings. The molecular weight excluding hydrogens is 905 g/mol. The van der Waals surface area contributed by atoms with Crippen LogP contribution < -0.4 is 66.7 Å². The van der Waals surface area contributed by atoms with Gasteiger partial charge in [-0.2, -0.15) is 0 Å². The number of aliphatic imine (C=N–C) groups is 2. The minimum absolute atomic E-state index is 0.00168. The van der Waals surface area contributed by atoms with Gasteiger partial charge in [-0.15, -0.1) is 0 Å². The van der Waals surface area contributed by atoms with Crippen molar-refractivity contribution in [3.05, 3.63) is 0 Å². The van der Waals surface area contributed by atoms with Crippen molar-refractivity contribution in [2.24, 2.45) is 50.1 Å². The average molecular weight is 983 g/mol. The molecule has 2 aliphatic heterocycles. The first-order chi connectivity index (χ1) is 32.6. The highest BCUT2D eigenvalue weighted by atomic mass is 16.4. The number of carbonyl (C=O) groups is 8. The molecule has 22 N–H and O–H groups in total. The second kappa shape index (κ2) is 30.6. The number of nitrogens with zero attached hydrogens (tertiary/aromatic N) is 4. The number of hydrogen-bond donors (Lipinski definition) is 15. The van der Waals surface area contributed by atoms with Crippen molar-refractivity contribution < 1.29 is 53.7 Å². The maximum Gasteiger partial charge on any atom is 0.326 e. The number of carboxylic acids is 1. The van der Waals surface area contributed by atoms with Crippen molar-refractivity contribution in [1.82, 2.24) is 36.4 Å². The summed E-state index contributed by atoms with van der Waals surface area (Å²) < 4.78 is 0. The van der Waals surface area contributed by atoms with E-state index in [9.17, 15) is 53.7 Å². The van der Waals surface area contributed by atoms with E-state index < -0.39 is 108 Å². The number of carbonyl (C=O) groups excluding carboxylic acids is 7. The third-order valence-electron chi connectivity index (χ3n) is 11.8. The minimum Gasteiger partial charge on any atom is -0.480 e. The lowest BCUT2D eigenvalue weighted by molar-refractivity contribution is -0.145. The minimum atomic E-state index is -1.68. The van der Waals surface area contributed by atoms with E-state index in [0.717, 1.165) is 0 Å². The van der Waals surface area contributed by atoms with Crippen molar-refractivity contribution in [3.63, 3.8) is 0 Å². The van der Waals surface area contributed by atoms with Crippen LogP contribution in [-0.4, -0.2) is 184 Å². The van der Waals surface area contributed by atoms with Crippen molar-refractivity contribution in [3.8, 4) is 0 Å². The average Bonchev–Trinajstić information content (AvgIpc) is 4.00. The fourth-order valence-electron chi connectivity index (χ4n) is 7.98. The van der Waals surface area contributed by atoms with Gasteiger partial charge in [-0.25, -0.2) is 4.79 Å². The number of rotatable bonds is 31. The van der Waals surface area contributed by atoms with Gasteiger partial charge in [0.2, 0.25) is 41.4 Å². The van der Waals surface area contributed by atoms with E-state index in [4.69, 9.17) is 40.1 Å². The maximum absolute atomic E-state index is 14.2. The summed E-state index contributed by atoms with van der Waals surface area (Å²) in [4.78, 5) is 119. The number of carboxylic acid groups (broad SMARTS) is 1. The Morgan fingerprint density at radius 3 is 1.39 bits per heavy atom. The van der Waals surface area contributed by atoms with Crippen LogP contribution in [-0.2, 0) is 38.4 Å². The SMILES string of the molecule is CC(O)C(N)C(=O)NC(CCCCN)C(=O)N1CCCC1C(=O)NC(CCCN=C(N)N)C(=O)NC(C(=O)NC(CCCCN)C(=O)N1CCCC1C(=O)NC(CCCN=C(N)N)C(=O)O)C(C)O. The summed E-state index contributed by atoms with van der Waals surface area (Å²) >= 11 is 0. The van der Waals surface area contributed by atoms with E-state index in [0.29, 0.717) is 45.1 Å². The number of nitrogens with one attached hydrogen (secondary N) is 5. The van der Waals surface area contributed by atoms with Gasteiger partial charge < -0.3 is 91.8 Å². The number of likely N-dealkylation sites (tertiary alicyclic amines) is 2. The van der Waals surface area contributed by atoms with Crippen molar-refractivity contribution in [2.75, 3.05) is 39.3 Å². The number of aliphatic hydroxyl groups is 2. The zero-order chi connectivity index (χ0) is 51.8. The van der Waals surface area contributed by atoms with Gasteiger partial charge in [-0.1, -0.05) is 0 Å². The van der Waals surface area contributed by atoms with E-state index in [1.807, 2.05) is 0 Å². The van der Waals surface area contributed by atoms with Crippen LogP contribution in [0.4, 0.5) is 0 Å². The summed E-state index contributed by atoms with van der Waals surface area (Å²) in [5.74, 6) is -6.97. The van der Waals surface area contributed by atoms with Gasteiger partial charge in [0, 0.05) is 26.2 Å². The van der Waals surface area contributed by atoms with E-state index in [-0.39, 0.29) is 96.0 Å². The summed E-state index contributed by atoms with van der Waals surface area (Å²) in [6.45, 7) is 3.61. The largest absolute Gasteiger partial charge is 0.480 e. The van der Waals surface area contributed by atoms with Crippen LogP contribution in [0.3, 0.4) is 0 Å². The Bertz CT molecular complexity index is 1780. The number of hydrogen-bond acceptors (Lipinski definition) is 15. The molecule has 27 nitrogen and oxygen atoms in total. The highest BCUT2D eigenvalue weighted by molar-refractivity contribution is 5.98. The molecule has 0 bridgehead atoms. The van der Waals surface area contributed by atoms with Crippen molar-refractivity contribution in [1.29, 1.82) is 0 Å². The number of guanidine groups is 2. The summed E-state index contributed by atoms with van der Waals surface area (Å²) in [5, 5.41) is 43.4. The van der Waals surface area contributed by atoms with Crippen LogP contribution >= 0.6 is 0 Å². The molecule has 0 aliphatic carbocycles. The highest BCUT2D eigenvalue weighted by Gasteiger charge is 2.42. The first-order valence-electron chi connectivity index (χ1n) is 23.6. The molecule has 0 saturated carbocycles. The lowest BCUT2D eigenvalue weighted by Crippen LogP contribution is -2.61. The van der Waals surface area contributed by atoms with Gasteiger partial charge in [0.05, 0.1) is 12.2 Å². The van der Waals surface area contributed by atoms with Crippen LogP contribution in [0.2, 0.25) is 0 Å². The maximum atomic E-state index is 14.2. The molecule has 392 valence electrons. The standard InChI is InChI=1S/C42H78N16O11/c1-23(59)31(45)36(64)53-26(11-3-5-17-43)38(66)57-21-9-15-29(57)34(62)52-25(13-7-19-50-41(46)47)33(61)56-32(24(2)60)37(65)54-27(12-4-6-18-44)39(67)58-22-10-16-30(58)35(63)55-28(40(68)69)14-8-20-51-42(48)49/h23-32,59-60H,3-22,43-45H2,1-2H3,(H,52,62)(H,53,64)(H,54,65)(H,55,63)(H,56,61)(H,68,69)(H4,46,47,50)(H4,48,49,51). The topological polar surface area (TPSA) is 471 Å². The predicted molar refractivity (Wildman–Crippen MR) is 254 cm³/mol. The lowest BCUT2D eigenvalue weighted by Gasteiger charge is -2.32. The van der Waals surface area contributed by atoms with Crippen LogP contribution in [0.1, 0.15) is 104 Å². The quantitative estimate of drug-likeness (QED) is 0.0175. The number of amides is 7. The Kier molecular flexibility index (Phi) is 26.2. The molecule has 2 heterocycles. The molecule has 2 rings (SSSR count). The highest BCUT2D eigenvalue weighted by Crippen LogP contribution is 2.22. The number of nitrogens with two attached hydrogens (primary N) is 7. The van der Waals surface area contributed by atoms with E-state index >= 15 is 0 Å². The van der Waals surface area contributed by atoms with E-state index in [1.165, 1.54) is 23.6 Å². The monoisotopic (exact) mass is 983 g/mol. The Hall–Kier alpha value is -5.90. The van der Waals surface area contributed by atoms with Gasteiger partial charge in [-0.05, 0) is 117 Å². The molecule has 7 amide bonds. The molecule has 2 fully saturated rings. The van der Waals surface area contributed by atoms with Gasteiger partial charge in [0.1, 0.15) is 48.3 Å². The smallest absolute Gasteiger partial charge is 0.326 e. The summed E-state index contributed by atoms with van der Waals surface area (Å²) in [6, 6.07) is -10.2. The molecule has 0 aromatic rings. The van der Waals surface area contributed by atoms with Gasteiger partial charge in [0.25, 0.3) is 0 Å². The fourth-order valence-corrected chi connectivity index (χ4v) is 7.98. The molecule has 69 heavy (non-hydrogen) atoms. The first kappa shape index (κ1) is 59.2. The molecular formula is C42H78N16O11. The Morgan fingerprint density at radius 1 is 0.565 bits per heavy atom. The second-order valence-corrected chi connectivity index (χ2v) is 17.4. The molecule has 27 heteroatoms. The van der Waals surface area contributed by atoms with Crippen LogP contribution in [0.5, 0.6) is 0 Å². The zero-order valence-corrected chi connectivity index (χ0v) is 39.9. The summed E-state index contributed by atoms with van der Waals surface area (Å²) in [5.41, 5.74) is 38.8. The molecule has 0 aromatic carbocycles. The molecule has 10 atom stereocenters. The number of aliphatic carboxylic acids is 1. The Balaban J connectivity index is 2.34. The Labute approximate surface area is 402 Å². The molecule has 0 radical (unpaired) electrons. The van der Waals surface area contributed by atoms with Crippen molar-refractivity contribution in [2.45, 2.75) is 164 Å². The molecule has 10 unspecified atom stereocenters. The zero-order valence-electron chi connectivity index (χ0n) is 39.9. The van der Waals surface area contributed by atoms with Gasteiger partial charge >= 0.3 is 5.97 Å². The van der Waals surface area contributed by atoms with Crippen LogP contribution in [0.25, 0.3) is 0 Å². The number of unbranched alkanes of at least 4 members (excludes halogenated alkanes) is 2. The van der Waals surface area contributed by atoms with Gasteiger partial charge in [-0.3, -0.25) is 43.5 Å². The number of aliphatic hydroxyl groups excluding tert-OH is 2. The van der Waals surface area contributed by atoms with E-state index in [2.05, 4.69) is 36.6 Å². The fraction of sp³-hybridized carbons (Fsp3) is 0.762. The van der Waals surface area contributed by atoms with E-state index in [1.54, 1.807) is 0 Å². The predicted octanol–water partition coefficient (Wildman–Crippen LogP) is -6.07. The Morgan fingerprint density at radius 2 is 0.986 bits per heavy atom. The third-order valence-corrected chi connectivity index (χ3v) is 11.8. The summed E-state index contributed by atoms with van der Waals surface area (Å²) in [6.07, 6.45) is 0.833. The third kappa shape index (κ3) is 19.9. The second-order valence-electron chi connectivity index (χ2n) is 17.4. The summed E-state index contributed by atoms with van der Waals surface area (Å²) in [7, 11) is 0. The van der Waals surface area contributed by atoms with Crippen LogP contribution in [0.15, 0.2) is 9.98 Å². The van der Waals surface area contributed by atoms with Gasteiger partial charge in [0.15, 0.2) is 11.9 Å². The molecule has 0 spiro atoms. The van der Waals surface area contributed by atoms with Crippen molar-refractivity contribution >= 4 is 59.2 Å². The molecule has 0 aromatic heterocycles. The van der Waals surface area contributed by atoms with Crippen LogP contribution in [0, 0.1) is 0 Å². The first-order valence-corrected chi connectivity index (χ1v) is 23.6. The normalized spacial score (nSPS) is 19.1. The molecule has 2 saturated heterocycles. The lowest BCUT2D eigenvalue weighted by atomic mass is 10.0.